The number of hydrogen-bond donors (Lipinski definition) is 1. The number of halogens is 1. The van der Waals surface area contributed by atoms with Crippen LogP contribution >= 0.6 is 0 Å². The number of methoxy groups -OCH3 is 1. The van der Waals surface area contributed by atoms with Crippen molar-refractivity contribution < 1.29 is 9.13 Å². The number of nitrogens with one attached hydrogen (secondary N) is 1. The molecule has 1 atom stereocenters. The normalized spacial score (nSPS) is 22.4. The summed E-state index contributed by atoms with van der Waals surface area (Å²) in [4.78, 5) is 14.5. The van der Waals surface area contributed by atoms with E-state index in [1.165, 1.54) is 7.11 Å². The molecule has 0 spiro atoms. The Morgan fingerprint density at radius 1 is 1.17 bits per heavy atom. The molecule has 0 saturated carbocycles. The first-order valence-electron chi connectivity index (χ1n) is 11.0. The summed E-state index contributed by atoms with van der Waals surface area (Å²) >= 11 is 0. The minimum absolute atomic E-state index is 0.296. The molecule has 1 aromatic carbocycles. The Morgan fingerprint density at radius 2 is 1.93 bits per heavy atom. The maximum Gasteiger partial charge on any atom is 0.194 e. The van der Waals surface area contributed by atoms with Crippen molar-refractivity contribution in [2.24, 2.45) is 4.99 Å². The third-order valence-electron chi connectivity index (χ3n) is 6.06. The number of likely N-dealkylation sites (N-methyl/N-ethyl adjacent to an activating group) is 2. The number of nitrogens with zero attached hydrogens (tertiary/aromatic N) is 5. The van der Waals surface area contributed by atoms with Crippen LogP contribution in [-0.4, -0.2) is 112 Å². The maximum absolute atomic E-state index is 14.0. The zero-order chi connectivity index (χ0) is 21.5. The molecule has 0 aliphatic carbocycles. The van der Waals surface area contributed by atoms with Gasteiger partial charge in [-0.15, -0.1) is 0 Å². The van der Waals surface area contributed by atoms with Crippen LogP contribution in [0.25, 0.3) is 0 Å². The minimum atomic E-state index is -0.298. The smallest absolute Gasteiger partial charge is 0.194 e. The molecule has 30 heavy (non-hydrogen) atoms. The molecule has 2 heterocycles. The van der Waals surface area contributed by atoms with Gasteiger partial charge >= 0.3 is 0 Å². The number of benzene rings is 1. The molecule has 0 bridgehead atoms. The quantitative estimate of drug-likeness (QED) is 0.551. The highest BCUT2D eigenvalue weighted by Crippen LogP contribution is 2.19. The van der Waals surface area contributed by atoms with Gasteiger partial charge in [-0.2, -0.15) is 0 Å². The summed E-state index contributed by atoms with van der Waals surface area (Å²) in [6.45, 7) is 11.5. The number of ether oxygens (including phenoxy) is 1. The van der Waals surface area contributed by atoms with Crippen molar-refractivity contribution >= 4 is 5.96 Å². The van der Waals surface area contributed by atoms with Gasteiger partial charge in [0, 0.05) is 64.9 Å². The van der Waals surface area contributed by atoms with Gasteiger partial charge in [0.15, 0.2) is 17.5 Å². The van der Waals surface area contributed by atoms with E-state index in [-0.39, 0.29) is 5.82 Å². The first-order chi connectivity index (χ1) is 14.5. The third kappa shape index (κ3) is 6.06. The number of rotatable bonds is 6. The highest BCUT2D eigenvalue weighted by molar-refractivity contribution is 5.80. The average molecular weight is 421 g/mol. The predicted molar refractivity (Wildman–Crippen MR) is 120 cm³/mol. The second-order valence-corrected chi connectivity index (χ2v) is 8.32. The van der Waals surface area contributed by atoms with E-state index in [2.05, 4.69) is 45.9 Å². The molecule has 1 N–H and O–H groups in total. The molecule has 2 aliphatic rings. The number of hydrogen-bond acceptors (Lipinski definition) is 5. The van der Waals surface area contributed by atoms with Crippen molar-refractivity contribution in [2.75, 3.05) is 80.1 Å². The highest BCUT2D eigenvalue weighted by Gasteiger charge is 2.24. The van der Waals surface area contributed by atoms with E-state index in [9.17, 15) is 4.39 Å². The molecule has 3 rings (SSSR count). The van der Waals surface area contributed by atoms with Crippen molar-refractivity contribution in [3.63, 3.8) is 0 Å². The number of guanidine groups is 1. The Balaban J connectivity index is 1.53. The summed E-state index contributed by atoms with van der Waals surface area (Å²) in [5, 5.41) is 3.46. The van der Waals surface area contributed by atoms with Crippen LogP contribution in [0.5, 0.6) is 5.75 Å². The second-order valence-electron chi connectivity index (χ2n) is 8.32. The fraction of sp³-hybridized carbons (Fsp3) is 0.682. The van der Waals surface area contributed by atoms with Gasteiger partial charge < -0.3 is 19.9 Å². The molecule has 1 unspecified atom stereocenters. The average Bonchev–Trinajstić information content (AvgIpc) is 2.74. The van der Waals surface area contributed by atoms with Gasteiger partial charge in [0.05, 0.1) is 13.7 Å². The van der Waals surface area contributed by atoms with Crippen molar-refractivity contribution in [2.45, 2.75) is 19.5 Å². The fourth-order valence-corrected chi connectivity index (χ4v) is 4.10. The van der Waals surface area contributed by atoms with E-state index in [0.29, 0.717) is 11.8 Å². The van der Waals surface area contributed by atoms with Crippen LogP contribution < -0.4 is 10.1 Å². The van der Waals surface area contributed by atoms with Crippen molar-refractivity contribution in [3.05, 3.63) is 29.6 Å². The Labute approximate surface area is 180 Å². The van der Waals surface area contributed by atoms with E-state index < -0.39 is 0 Å². The topological polar surface area (TPSA) is 46.6 Å². The molecule has 1 aromatic rings. The monoisotopic (exact) mass is 420 g/mol. The van der Waals surface area contributed by atoms with E-state index in [1.54, 1.807) is 12.1 Å². The van der Waals surface area contributed by atoms with Crippen LogP contribution in [0.3, 0.4) is 0 Å². The fourth-order valence-electron chi connectivity index (χ4n) is 4.10. The molecule has 0 radical (unpaired) electrons. The van der Waals surface area contributed by atoms with Crippen LogP contribution in [0.4, 0.5) is 4.39 Å². The lowest BCUT2D eigenvalue weighted by atomic mass is 10.2. The molecule has 8 heteroatoms. The van der Waals surface area contributed by atoms with Gasteiger partial charge in [-0.25, -0.2) is 4.39 Å². The SMILES string of the molecule is CCNC(=NCC1CN(C)CCN1C)N1CCN(Cc2ccc(OC)c(F)c2)CC1. The first kappa shape index (κ1) is 22.8. The van der Waals surface area contributed by atoms with E-state index >= 15 is 0 Å². The molecule has 7 nitrogen and oxygen atoms in total. The van der Waals surface area contributed by atoms with Gasteiger partial charge in [-0.3, -0.25) is 14.8 Å². The standard InChI is InChI=1S/C22H37FN6O/c1-5-24-22(25-15-19-17-26(2)8-9-27(19)3)29-12-10-28(11-13-29)16-18-6-7-21(30-4)20(23)14-18/h6-7,14,19H,5,8-13,15-17H2,1-4H3,(H,24,25). The molecule has 0 amide bonds. The van der Waals surface area contributed by atoms with E-state index in [4.69, 9.17) is 9.73 Å². The van der Waals surface area contributed by atoms with Crippen LogP contribution in [-0.2, 0) is 6.54 Å². The summed E-state index contributed by atoms with van der Waals surface area (Å²) < 4.78 is 19.0. The van der Waals surface area contributed by atoms with Gasteiger partial charge in [0.2, 0.25) is 0 Å². The van der Waals surface area contributed by atoms with Crippen molar-refractivity contribution in [1.82, 2.24) is 24.9 Å². The van der Waals surface area contributed by atoms with Gasteiger partial charge in [0.25, 0.3) is 0 Å². The molecule has 168 valence electrons. The van der Waals surface area contributed by atoms with Gasteiger partial charge in [-0.1, -0.05) is 6.07 Å². The summed E-state index contributed by atoms with van der Waals surface area (Å²) in [5.74, 6) is 1.01. The Morgan fingerprint density at radius 3 is 2.60 bits per heavy atom. The lowest BCUT2D eigenvalue weighted by Crippen LogP contribution is -2.54. The number of piperazine rings is 2. The highest BCUT2D eigenvalue weighted by atomic mass is 19.1. The molecule has 2 aliphatic heterocycles. The molecular weight excluding hydrogens is 383 g/mol. The predicted octanol–water partition coefficient (Wildman–Crippen LogP) is 1.16. The minimum Gasteiger partial charge on any atom is -0.494 e. The zero-order valence-corrected chi connectivity index (χ0v) is 18.9. The van der Waals surface area contributed by atoms with Crippen LogP contribution in [0.15, 0.2) is 23.2 Å². The molecule has 2 fully saturated rings. The Hall–Kier alpha value is -1.90. The summed E-state index contributed by atoms with van der Waals surface area (Å²) in [5.41, 5.74) is 0.978. The van der Waals surface area contributed by atoms with Crippen molar-refractivity contribution in [3.8, 4) is 5.75 Å². The lowest BCUT2D eigenvalue weighted by molar-refractivity contribution is 0.119. The molecule has 2 saturated heterocycles. The lowest BCUT2D eigenvalue weighted by Gasteiger charge is -2.38. The van der Waals surface area contributed by atoms with Crippen molar-refractivity contribution in [1.29, 1.82) is 0 Å². The van der Waals surface area contributed by atoms with Crippen LogP contribution in [0.2, 0.25) is 0 Å². The zero-order valence-electron chi connectivity index (χ0n) is 18.9. The second kappa shape index (κ2) is 10.9. The van der Waals surface area contributed by atoms with E-state index in [0.717, 1.165) is 77.0 Å². The third-order valence-corrected chi connectivity index (χ3v) is 6.06. The maximum atomic E-state index is 14.0. The van der Waals surface area contributed by atoms with Crippen LogP contribution in [0.1, 0.15) is 12.5 Å². The Kier molecular flexibility index (Phi) is 8.30. The number of aliphatic imine (C=N–C) groups is 1. The van der Waals surface area contributed by atoms with E-state index in [1.807, 2.05) is 6.07 Å². The molecular formula is C22H37FN6O. The Bertz CT molecular complexity index is 707. The molecule has 0 aromatic heterocycles. The summed E-state index contributed by atoms with van der Waals surface area (Å²) in [6.07, 6.45) is 0. The van der Waals surface area contributed by atoms with Crippen LogP contribution in [0, 0.1) is 5.82 Å². The summed E-state index contributed by atoms with van der Waals surface area (Å²) in [6, 6.07) is 5.69. The largest absolute Gasteiger partial charge is 0.494 e. The van der Waals surface area contributed by atoms with Gasteiger partial charge in [-0.05, 0) is 38.7 Å². The summed E-state index contributed by atoms with van der Waals surface area (Å²) in [7, 11) is 5.87. The van der Waals surface area contributed by atoms with Gasteiger partial charge in [0.1, 0.15) is 0 Å². The first-order valence-corrected chi connectivity index (χ1v) is 11.0.